The van der Waals surface area contributed by atoms with Gasteiger partial charge < -0.3 is 0 Å². The molecule has 0 saturated carbocycles. The summed E-state index contributed by atoms with van der Waals surface area (Å²) in [6.45, 7) is 3.14. The first-order chi connectivity index (χ1) is 10.9. The lowest BCUT2D eigenvalue weighted by Gasteiger charge is -2.25. The van der Waals surface area contributed by atoms with Gasteiger partial charge in [-0.3, -0.25) is 24.1 Å². The zero-order valence-corrected chi connectivity index (χ0v) is 13.1. The molecule has 2 aromatic rings. The Morgan fingerprint density at radius 3 is 1.91 bits per heavy atom. The highest BCUT2D eigenvalue weighted by atomic mass is 16.2. The van der Waals surface area contributed by atoms with E-state index in [1.807, 2.05) is 0 Å². The minimum atomic E-state index is -0.427. The molecule has 0 saturated heterocycles. The quantitative estimate of drug-likeness (QED) is 0.645. The van der Waals surface area contributed by atoms with Gasteiger partial charge in [-0.1, -0.05) is 6.92 Å². The number of hydrogen-bond acceptors (Lipinski definition) is 4. The fourth-order valence-electron chi connectivity index (χ4n) is 3.02. The van der Waals surface area contributed by atoms with Crippen molar-refractivity contribution >= 4 is 34.2 Å². The molecule has 1 aliphatic heterocycles. The van der Waals surface area contributed by atoms with Crippen LogP contribution in [-0.2, 0) is 0 Å². The number of hydrogen-bond donors (Lipinski definition) is 0. The van der Waals surface area contributed by atoms with Gasteiger partial charge in [-0.15, -0.1) is 0 Å². The Hall–Kier alpha value is -2.82. The van der Waals surface area contributed by atoms with Crippen LogP contribution in [0.4, 0.5) is 0 Å². The van der Waals surface area contributed by atoms with Gasteiger partial charge >= 0.3 is 0 Å². The molecule has 0 atom stereocenters. The van der Waals surface area contributed by atoms with E-state index >= 15 is 0 Å². The average molecular weight is 309 g/mol. The molecule has 116 valence electrons. The number of carbonyl (C=O) groups excluding carboxylic acids is 4. The van der Waals surface area contributed by atoms with E-state index in [0.29, 0.717) is 33.0 Å². The summed E-state index contributed by atoms with van der Waals surface area (Å²) in [7, 11) is 1.42. The predicted molar refractivity (Wildman–Crippen MR) is 85.0 cm³/mol. The van der Waals surface area contributed by atoms with Crippen molar-refractivity contribution < 1.29 is 19.2 Å². The molecule has 2 aromatic carbocycles. The summed E-state index contributed by atoms with van der Waals surface area (Å²) in [5.41, 5.74) is 1.41. The molecule has 0 N–H and O–H groups in total. The second-order valence-corrected chi connectivity index (χ2v) is 5.57. The maximum atomic E-state index is 12.4. The molecule has 0 bridgehead atoms. The Morgan fingerprint density at radius 2 is 1.43 bits per heavy atom. The second kappa shape index (κ2) is 5.12. The highest BCUT2D eigenvalue weighted by Crippen LogP contribution is 2.34. The number of carbonyl (C=O) groups is 4. The van der Waals surface area contributed by atoms with Gasteiger partial charge in [0.25, 0.3) is 11.8 Å². The number of Topliss-reactive ketones (excluding diaryl/α,β-unsaturated/α-hetero) is 2. The molecule has 2 amide bonds. The molecular weight excluding hydrogens is 294 g/mol. The van der Waals surface area contributed by atoms with Gasteiger partial charge in [0, 0.05) is 46.5 Å². The predicted octanol–water partition coefficient (Wildman–Crippen LogP) is 2.86. The fraction of sp³-hybridized carbons (Fsp3) is 0.222. The molecule has 0 aliphatic carbocycles. The van der Waals surface area contributed by atoms with Crippen LogP contribution in [0.15, 0.2) is 24.3 Å². The van der Waals surface area contributed by atoms with Gasteiger partial charge in [0.1, 0.15) is 0 Å². The van der Waals surface area contributed by atoms with Crippen molar-refractivity contribution in [2.45, 2.75) is 20.3 Å². The van der Waals surface area contributed by atoms with Crippen LogP contribution < -0.4 is 0 Å². The molecule has 3 rings (SSSR count). The third-order valence-corrected chi connectivity index (χ3v) is 4.23. The topological polar surface area (TPSA) is 71.5 Å². The van der Waals surface area contributed by atoms with Crippen LogP contribution in [0, 0.1) is 0 Å². The van der Waals surface area contributed by atoms with E-state index in [-0.39, 0.29) is 18.0 Å². The zero-order valence-electron chi connectivity index (χ0n) is 13.1. The second-order valence-electron chi connectivity index (χ2n) is 5.57. The number of amides is 2. The van der Waals surface area contributed by atoms with E-state index < -0.39 is 11.8 Å². The first-order valence-corrected chi connectivity index (χ1v) is 7.34. The Balaban J connectivity index is 2.55. The van der Waals surface area contributed by atoms with E-state index in [1.165, 1.54) is 14.0 Å². The summed E-state index contributed by atoms with van der Waals surface area (Å²) in [6.07, 6.45) is 0.276. The summed E-state index contributed by atoms with van der Waals surface area (Å²) in [5, 5.41) is 0.819. The Bertz CT molecular complexity index is 889. The monoisotopic (exact) mass is 309 g/mol. The van der Waals surface area contributed by atoms with E-state index in [4.69, 9.17) is 0 Å². The number of rotatable bonds is 3. The van der Waals surface area contributed by atoms with E-state index in [1.54, 1.807) is 31.2 Å². The van der Waals surface area contributed by atoms with Crippen molar-refractivity contribution in [3.05, 3.63) is 46.5 Å². The van der Waals surface area contributed by atoms with Crippen molar-refractivity contribution in [2.75, 3.05) is 7.05 Å². The largest absolute Gasteiger partial charge is 0.294 e. The van der Waals surface area contributed by atoms with Gasteiger partial charge in [-0.25, -0.2) is 0 Å². The minimum absolute atomic E-state index is 0.130. The highest BCUT2D eigenvalue weighted by Gasteiger charge is 2.32. The molecule has 0 aromatic heterocycles. The van der Waals surface area contributed by atoms with Gasteiger partial charge in [0.2, 0.25) is 0 Å². The van der Waals surface area contributed by atoms with Gasteiger partial charge in [-0.2, -0.15) is 0 Å². The summed E-state index contributed by atoms with van der Waals surface area (Å²) in [4.78, 5) is 50.1. The average Bonchev–Trinajstić information content (AvgIpc) is 2.55. The number of benzene rings is 2. The molecule has 0 unspecified atom stereocenters. The summed E-state index contributed by atoms with van der Waals surface area (Å²) < 4.78 is 0. The molecule has 23 heavy (non-hydrogen) atoms. The number of imide groups is 1. The van der Waals surface area contributed by atoms with Crippen molar-refractivity contribution in [3.63, 3.8) is 0 Å². The van der Waals surface area contributed by atoms with Crippen molar-refractivity contribution in [3.8, 4) is 0 Å². The first-order valence-electron chi connectivity index (χ1n) is 7.34. The van der Waals surface area contributed by atoms with Crippen LogP contribution in [-0.4, -0.2) is 35.3 Å². The van der Waals surface area contributed by atoms with E-state index in [2.05, 4.69) is 0 Å². The SMILES string of the molecule is CCC(=O)c1ccc2c3c(ccc(C(C)=O)c13)C(=O)N(C)C2=O. The van der Waals surface area contributed by atoms with Crippen LogP contribution in [0.1, 0.15) is 61.7 Å². The molecule has 1 heterocycles. The molecule has 0 fully saturated rings. The summed E-state index contributed by atoms with van der Waals surface area (Å²) in [5.74, 6) is -1.19. The molecule has 1 aliphatic rings. The van der Waals surface area contributed by atoms with Crippen molar-refractivity contribution in [1.29, 1.82) is 0 Å². The van der Waals surface area contributed by atoms with Crippen molar-refractivity contribution in [2.24, 2.45) is 0 Å². The van der Waals surface area contributed by atoms with Gasteiger partial charge in [0.05, 0.1) is 0 Å². The van der Waals surface area contributed by atoms with E-state index in [0.717, 1.165) is 4.90 Å². The Morgan fingerprint density at radius 1 is 0.913 bits per heavy atom. The lowest BCUT2D eigenvalue weighted by atomic mass is 9.86. The molecular formula is C18H15NO4. The highest BCUT2D eigenvalue weighted by molar-refractivity contribution is 6.30. The molecule has 5 heteroatoms. The lowest BCUT2D eigenvalue weighted by molar-refractivity contribution is 0.0649. The van der Waals surface area contributed by atoms with Crippen LogP contribution in [0.25, 0.3) is 10.8 Å². The van der Waals surface area contributed by atoms with Gasteiger partial charge in [-0.05, 0) is 31.2 Å². The standard InChI is InChI=1S/C18H15NO4/c1-4-14(21)11-6-8-13-16-12(17(22)19(3)18(13)23)7-5-10(9(2)20)15(11)16/h5-8H,4H2,1-3H3. The van der Waals surface area contributed by atoms with Crippen LogP contribution in [0.5, 0.6) is 0 Å². The van der Waals surface area contributed by atoms with Crippen LogP contribution in [0.2, 0.25) is 0 Å². The lowest BCUT2D eigenvalue weighted by Crippen LogP contribution is -2.37. The maximum Gasteiger partial charge on any atom is 0.261 e. The Kier molecular flexibility index (Phi) is 3.36. The number of ketones is 2. The first kappa shape index (κ1) is 15.1. The number of nitrogens with zero attached hydrogens (tertiary/aromatic N) is 1. The molecule has 5 nitrogen and oxygen atoms in total. The van der Waals surface area contributed by atoms with E-state index in [9.17, 15) is 19.2 Å². The van der Waals surface area contributed by atoms with Crippen LogP contribution in [0.3, 0.4) is 0 Å². The summed E-state index contributed by atoms with van der Waals surface area (Å²) in [6, 6.07) is 6.23. The molecule has 0 radical (unpaired) electrons. The third kappa shape index (κ3) is 2.00. The minimum Gasteiger partial charge on any atom is -0.294 e. The normalized spacial score (nSPS) is 13.6. The zero-order chi connectivity index (χ0) is 16.9. The summed E-state index contributed by atoms with van der Waals surface area (Å²) >= 11 is 0. The van der Waals surface area contributed by atoms with Crippen LogP contribution >= 0.6 is 0 Å². The van der Waals surface area contributed by atoms with Crippen molar-refractivity contribution in [1.82, 2.24) is 4.90 Å². The Labute approximate surface area is 132 Å². The molecule has 0 spiro atoms. The smallest absolute Gasteiger partial charge is 0.261 e. The van der Waals surface area contributed by atoms with Gasteiger partial charge in [0.15, 0.2) is 11.6 Å². The fourth-order valence-corrected chi connectivity index (χ4v) is 3.02. The third-order valence-electron chi connectivity index (χ3n) is 4.23. The maximum absolute atomic E-state index is 12.4.